The summed E-state index contributed by atoms with van der Waals surface area (Å²) in [5.74, 6) is 1.22. The molecule has 0 spiro atoms. The summed E-state index contributed by atoms with van der Waals surface area (Å²) in [7, 11) is 0. The lowest BCUT2D eigenvalue weighted by Gasteiger charge is -2.26. The molecule has 0 saturated carbocycles. The van der Waals surface area contributed by atoms with Gasteiger partial charge in [-0.05, 0) is 17.0 Å². The van der Waals surface area contributed by atoms with Crippen LogP contribution in [0.25, 0.3) is 0 Å². The highest BCUT2D eigenvalue weighted by atomic mass is 16.5. The predicted octanol–water partition coefficient (Wildman–Crippen LogP) is 2.66. The lowest BCUT2D eigenvalue weighted by atomic mass is 9.86. The Morgan fingerprint density at radius 3 is 2.69 bits per heavy atom. The molecule has 26 heavy (non-hydrogen) atoms. The van der Waals surface area contributed by atoms with Gasteiger partial charge in [0.1, 0.15) is 0 Å². The minimum Gasteiger partial charge on any atom is -0.379 e. The normalized spacial score (nSPS) is 15.7. The SMILES string of the molecule is CC(C)(C)c1ccccc1Nc1nncc(NCCN2CCOCC2)n1. The number of anilines is 3. The molecule has 2 heterocycles. The molecule has 0 atom stereocenters. The van der Waals surface area contributed by atoms with E-state index < -0.39 is 0 Å². The molecule has 0 aliphatic carbocycles. The molecule has 3 rings (SSSR count). The number of nitrogens with zero attached hydrogens (tertiary/aromatic N) is 4. The molecule has 1 aliphatic rings. The van der Waals surface area contributed by atoms with Crippen LogP contribution in [0.4, 0.5) is 17.5 Å². The number of hydrogen-bond donors (Lipinski definition) is 2. The largest absolute Gasteiger partial charge is 0.379 e. The second-order valence-corrected chi connectivity index (χ2v) is 7.47. The first kappa shape index (κ1) is 18.5. The summed E-state index contributed by atoms with van der Waals surface area (Å²) in [6.07, 6.45) is 1.65. The first-order valence-electron chi connectivity index (χ1n) is 9.12. The molecule has 0 unspecified atom stereocenters. The molecule has 0 bridgehead atoms. The van der Waals surface area contributed by atoms with Crippen molar-refractivity contribution in [3.8, 4) is 0 Å². The number of para-hydroxylation sites is 1. The monoisotopic (exact) mass is 356 g/mol. The fraction of sp³-hybridized carbons (Fsp3) is 0.526. The Morgan fingerprint density at radius 2 is 1.92 bits per heavy atom. The molecule has 1 fully saturated rings. The van der Waals surface area contributed by atoms with Crippen molar-refractivity contribution in [1.82, 2.24) is 20.1 Å². The van der Waals surface area contributed by atoms with Crippen LogP contribution in [0.3, 0.4) is 0 Å². The smallest absolute Gasteiger partial charge is 0.249 e. The van der Waals surface area contributed by atoms with E-state index in [-0.39, 0.29) is 5.41 Å². The quantitative estimate of drug-likeness (QED) is 0.824. The number of nitrogens with one attached hydrogen (secondary N) is 2. The van der Waals surface area contributed by atoms with E-state index in [0.717, 1.165) is 50.9 Å². The van der Waals surface area contributed by atoms with Crippen molar-refractivity contribution in [3.63, 3.8) is 0 Å². The van der Waals surface area contributed by atoms with E-state index in [9.17, 15) is 0 Å². The van der Waals surface area contributed by atoms with Crippen LogP contribution in [-0.2, 0) is 10.2 Å². The Hall–Kier alpha value is -2.25. The Kier molecular flexibility index (Phi) is 6.00. The average Bonchev–Trinajstić information content (AvgIpc) is 2.63. The zero-order valence-corrected chi connectivity index (χ0v) is 15.8. The highest BCUT2D eigenvalue weighted by Crippen LogP contribution is 2.30. The minimum atomic E-state index is 0.0328. The second-order valence-electron chi connectivity index (χ2n) is 7.47. The first-order chi connectivity index (χ1) is 12.5. The summed E-state index contributed by atoms with van der Waals surface area (Å²) in [6.45, 7) is 12.0. The van der Waals surface area contributed by atoms with Crippen LogP contribution >= 0.6 is 0 Å². The molecular weight excluding hydrogens is 328 g/mol. The molecule has 7 nitrogen and oxygen atoms in total. The number of morpholine rings is 1. The number of aromatic nitrogens is 3. The van der Waals surface area contributed by atoms with Crippen LogP contribution in [0.2, 0.25) is 0 Å². The molecule has 2 N–H and O–H groups in total. The van der Waals surface area contributed by atoms with Gasteiger partial charge < -0.3 is 15.4 Å². The summed E-state index contributed by atoms with van der Waals surface area (Å²) in [4.78, 5) is 6.91. The van der Waals surface area contributed by atoms with Crippen LogP contribution in [0.1, 0.15) is 26.3 Å². The molecule has 1 aromatic carbocycles. The summed E-state index contributed by atoms with van der Waals surface area (Å²) in [5, 5.41) is 14.8. The maximum Gasteiger partial charge on any atom is 0.249 e. The van der Waals surface area contributed by atoms with Gasteiger partial charge in [-0.15, -0.1) is 5.10 Å². The standard InChI is InChI=1S/C19H28N6O/c1-19(2,3)15-6-4-5-7-16(15)22-18-23-17(14-21-24-18)20-8-9-25-10-12-26-13-11-25/h4-7,14H,8-13H2,1-3H3,(H2,20,22,23,24). The van der Waals surface area contributed by atoms with Crippen LogP contribution in [0.15, 0.2) is 30.5 Å². The molecule has 0 amide bonds. The van der Waals surface area contributed by atoms with Crippen LogP contribution in [0, 0.1) is 0 Å². The number of benzene rings is 1. The zero-order valence-electron chi connectivity index (χ0n) is 15.8. The molecule has 1 saturated heterocycles. The number of rotatable bonds is 6. The molecule has 1 aromatic heterocycles. The van der Waals surface area contributed by atoms with Gasteiger partial charge in [0.15, 0.2) is 5.82 Å². The molecule has 2 aromatic rings. The van der Waals surface area contributed by atoms with Crippen molar-refractivity contribution in [2.45, 2.75) is 26.2 Å². The van der Waals surface area contributed by atoms with E-state index >= 15 is 0 Å². The predicted molar refractivity (Wildman–Crippen MR) is 104 cm³/mol. The summed E-state index contributed by atoms with van der Waals surface area (Å²) in [6, 6.07) is 8.23. The zero-order chi connectivity index (χ0) is 18.4. The van der Waals surface area contributed by atoms with Crippen molar-refractivity contribution in [2.75, 3.05) is 50.0 Å². The van der Waals surface area contributed by atoms with Gasteiger partial charge in [0.2, 0.25) is 5.95 Å². The topological polar surface area (TPSA) is 75.2 Å². The van der Waals surface area contributed by atoms with E-state index in [0.29, 0.717) is 5.95 Å². The van der Waals surface area contributed by atoms with Gasteiger partial charge >= 0.3 is 0 Å². The van der Waals surface area contributed by atoms with E-state index in [4.69, 9.17) is 4.74 Å². The third kappa shape index (κ3) is 5.12. The number of ether oxygens (including phenoxy) is 1. The lowest BCUT2D eigenvalue weighted by molar-refractivity contribution is 0.0398. The number of hydrogen-bond acceptors (Lipinski definition) is 7. The second kappa shape index (κ2) is 8.42. The Morgan fingerprint density at radius 1 is 1.15 bits per heavy atom. The van der Waals surface area contributed by atoms with Gasteiger partial charge in [-0.1, -0.05) is 39.0 Å². The molecule has 140 valence electrons. The molecule has 7 heteroatoms. The van der Waals surface area contributed by atoms with E-state index in [2.05, 4.69) is 63.6 Å². The average molecular weight is 356 g/mol. The van der Waals surface area contributed by atoms with Crippen LogP contribution in [0.5, 0.6) is 0 Å². The Labute approximate surface area is 155 Å². The molecule has 1 aliphatic heterocycles. The third-order valence-electron chi connectivity index (χ3n) is 4.38. The third-order valence-corrected chi connectivity index (χ3v) is 4.38. The minimum absolute atomic E-state index is 0.0328. The van der Waals surface area contributed by atoms with Crippen molar-refractivity contribution >= 4 is 17.5 Å². The fourth-order valence-electron chi connectivity index (χ4n) is 2.98. The van der Waals surface area contributed by atoms with Crippen molar-refractivity contribution in [1.29, 1.82) is 0 Å². The van der Waals surface area contributed by atoms with Gasteiger partial charge in [0.25, 0.3) is 0 Å². The Balaban J connectivity index is 1.61. The van der Waals surface area contributed by atoms with Crippen LogP contribution < -0.4 is 10.6 Å². The van der Waals surface area contributed by atoms with E-state index in [1.165, 1.54) is 5.56 Å². The van der Waals surface area contributed by atoms with Gasteiger partial charge in [-0.2, -0.15) is 10.1 Å². The van der Waals surface area contributed by atoms with Crippen LogP contribution in [-0.4, -0.2) is 59.5 Å². The lowest BCUT2D eigenvalue weighted by Crippen LogP contribution is -2.39. The van der Waals surface area contributed by atoms with Crippen molar-refractivity contribution in [3.05, 3.63) is 36.0 Å². The van der Waals surface area contributed by atoms with Gasteiger partial charge in [-0.25, -0.2) is 0 Å². The van der Waals surface area contributed by atoms with Gasteiger partial charge in [0, 0.05) is 31.9 Å². The highest BCUT2D eigenvalue weighted by Gasteiger charge is 2.18. The summed E-state index contributed by atoms with van der Waals surface area (Å²) < 4.78 is 5.37. The summed E-state index contributed by atoms with van der Waals surface area (Å²) >= 11 is 0. The molecular formula is C19H28N6O. The van der Waals surface area contributed by atoms with Gasteiger partial charge in [0.05, 0.1) is 19.4 Å². The highest BCUT2D eigenvalue weighted by molar-refractivity contribution is 5.60. The first-order valence-corrected chi connectivity index (χ1v) is 9.12. The fourth-order valence-corrected chi connectivity index (χ4v) is 2.98. The summed E-state index contributed by atoms with van der Waals surface area (Å²) in [5.41, 5.74) is 2.26. The van der Waals surface area contributed by atoms with Crippen molar-refractivity contribution in [2.24, 2.45) is 0 Å². The Bertz CT molecular complexity index is 709. The van der Waals surface area contributed by atoms with E-state index in [1.54, 1.807) is 6.20 Å². The maximum atomic E-state index is 5.37. The maximum absolute atomic E-state index is 5.37. The van der Waals surface area contributed by atoms with Crippen molar-refractivity contribution < 1.29 is 4.74 Å². The van der Waals surface area contributed by atoms with E-state index in [1.807, 2.05) is 12.1 Å². The van der Waals surface area contributed by atoms with Gasteiger partial charge in [-0.3, -0.25) is 4.90 Å². The molecule has 0 radical (unpaired) electrons.